The average molecular weight is 300 g/mol. The molecular weight excluding hydrogens is 282 g/mol. The first-order valence-electron chi connectivity index (χ1n) is 7.17. The number of para-hydroxylation sites is 1. The molecule has 0 fully saturated rings. The average Bonchev–Trinajstić information content (AvgIpc) is 2.92. The monoisotopic (exact) mass is 299 g/mol. The minimum Gasteiger partial charge on any atom is -0.455 e. The number of furan rings is 1. The van der Waals surface area contributed by atoms with E-state index in [0.29, 0.717) is 5.02 Å². The van der Waals surface area contributed by atoms with Gasteiger partial charge < -0.3 is 9.73 Å². The van der Waals surface area contributed by atoms with E-state index >= 15 is 0 Å². The van der Waals surface area contributed by atoms with E-state index in [-0.39, 0.29) is 0 Å². The van der Waals surface area contributed by atoms with Gasteiger partial charge in [-0.1, -0.05) is 42.8 Å². The molecule has 3 heteroatoms. The van der Waals surface area contributed by atoms with E-state index in [9.17, 15) is 0 Å². The van der Waals surface area contributed by atoms with Gasteiger partial charge in [-0.15, -0.1) is 0 Å². The van der Waals surface area contributed by atoms with E-state index in [1.807, 2.05) is 18.2 Å². The van der Waals surface area contributed by atoms with Crippen molar-refractivity contribution in [3.05, 3.63) is 58.6 Å². The Hall–Kier alpha value is -1.77. The number of rotatable bonds is 4. The van der Waals surface area contributed by atoms with Gasteiger partial charge in [0.05, 0.1) is 5.02 Å². The van der Waals surface area contributed by atoms with Crippen molar-refractivity contribution in [2.75, 3.05) is 6.54 Å². The largest absolute Gasteiger partial charge is 0.455 e. The Labute approximate surface area is 129 Å². The molecule has 0 aliphatic carbocycles. The highest BCUT2D eigenvalue weighted by Gasteiger charge is 2.11. The third-order valence-corrected chi connectivity index (χ3v) is 3.94. The molecule has 21 heavy (non-hydrogen) atoms. The molecule has 0 saturated carbocycles. The summed E-state index contributed by atoms with van der Waals surface area (Å²) < 4.78 is 5.97. The summed E-state index contributed by atoms with van der Waals surface area (Å²) in [4.78, 5) is 0. The number of hydrogen-bond donors (Lipinski definition) is 1. The van der Waals surface area contributed by atoms with Gasteiger partial charge in [-0.3, -0.25) is 0 Å². The van der Waals surface area contributed by atoms with Gasteiger partial charge in [0.2, 0.25) is 0 Å². The van der Waals surface area contributed by atoms with E-state index in [1.54, 1.807) is 0 Å². The van der Waals surface area contributed by atoms with E-state index in [2.05, 4.69) is 43.4 Å². The number of hydrogen-bond acceptors (Lipinski definition) is 2. The zero-order chi connectivity index (χ0) is 14.8. The Balaban J connectivity index is 2.06. The van der Waals surface area contributed by atoms with Gasteiger partial charge in [0.25, 0.3) is 0 Å². The Morgan fingerprint density at radius 1 is 1.14 bits per heavy atom. The lowest BCUT2D eigenvalue weighted by atomic mass is 10.0. The molecule has 1 aromatic heterocycles. The van der Waals surface area contributed by atoms with Crippen molar-refractivity contribution in [1.82, 2.24) is 5.32 Å². The van der Waals surface area contributed by atoms with Gasteiger partial charge in [0.1, 0.15) is 5.76 Å². The molecular formula is C18H18ClNO. The van der Waals surface area contributed by atoms with Crippen LogP contribution < -0.4 is 5.32 Å². The van der Waals surface area contributed by atoms with Gasteiger partial charge >= 0.3 is 0 Å². The maximum Gasteiger partial charge on any atom is 0.153 e. The lowest BCUT2D eigenvalue weighted by molar-refractivity contribution is 0.631. The van der Waals surface area contributed by atoms with Crippen LogP contribution in [-0.2, 0) is 6.54 Å². The third-order valence-electron chi connectivity index (χ3n) is 3.64. The summed E-state index contributed by atoms with van der Waals surface area (Å²) in [7, 11) is 0. The first-order chi connectivity index (χ1) is 10.2. The standard InChI is InChI=1S/C18H18ClNO/c1-3-20-11-13-8-7-12(2)15(9-13)17-10-14-5-4-6-16(19)18(14)21-17/h4-10,20H,3,11H2,1-2H3. The van der Waals surface area contributed by atoms with Crippen LogP contribution in [0.4, 0.5) is 0 Å². The zero-order valence-electron chi connectivity index (χ0n) is 12.2. The van der Waals surface area contributed by atoms with Crippen LogP contribution in [0, 0.1) is 6.92 Å². The third kappa shape index (κ3) is 2.82. The summed E-state index contributed by atoms with van der Waals surface area (Å²) in [5.74, 6) is 0.869. The fraction of sp³-hybridized carbons (Fsp3) is 0.222. The topological polar surface area (TPSA) is 25.2 Å². The normalized spacial score (nSPS) is 11.2. The van der Waals surface area contributed by atoms with Gasteiger partial charge in [-0.2, -0.15) is 0 Å². The second kappa shape index (κ2) is 5.92. The number of aryl methyl sites for hydroxylation is 1. The fourth-order valence-electron chi connectivity index (χ4n) is 2.47. The molecule has 0 atom stereocenters. The molecule has 0 aliphatic heterocycles. The van der Waals surface area contributed by atoms with Crippen molar-refractivity contribution in [2.24, 2.45) is 0 Å². The van der Waals surface area contributed by atoms with Gasteiger partial charge in [-0.05, 0) is 42.8 Å². The molecule has 0 bridgehead atoms. The Morgan fingerprint density at radius 3 is 2.76 bits per heavy atom. The van der Waals surface area contributed by atoms with Crippen molar-refractivity contribution in [2.45, 2.75) is 20.4 Å². The number of fused-ring (bicyclic) bond motifs is 1. The number of nitrogens with one attached hydrogen (secondary N) is 1. The van der Waals surface area contributed by atoms with Crippen LogP contribution in [0.2, 0.25) is 5.02 Å². The van der Waals surface area contributed by atoms with E-state index in [1.165, 1.54) is 11.1 Å². The second-order valence-electron chi connectivity index (χ2n) is 5.20. The molecule has 0 unspecified atom stereocenters. The van der Waals surface area contributed by atoms with E-state index in [0.717, 1.165) is 35.4 Å². The number of halogens is 1. The van der Waals surface area contributed by atoms with E-state index in [4.69, 9.17) is 16.0 Å². The lowest BCUT2D eigenvalue weighted by Crippen LogP contribution is -2.11. The minimum absolute atomic E-state index is 0.653. The van der Waals surface area contributed by atoms with Crippen LogP contribution >= 0.6 is 11.6 Å². The number of benzene rings is 2. The first-order valence-corrected chi connectivity index (χ1v) is 7.55. The Bertz CT molecular complexity index is 776. The summed E-state index contributed by atoms with van der Waals surface area (Å²) >= 11 is 6.19. The van der Waals surface area contributed by atoms with Crippen molar-refractivity contribution < 1.29 is 4.42 Å². The molecule has 0 aliphatic rings. The molecule has 0 spiro atoms. The molecule has 0 saturated heterocycles. The van der Waals surface area contributed by atoms with Crippen LogP contribution in [-0.4, -0.2) is 6.54 Å². The second-order valence-corrected chi connectivity index (χ2v) is 5.61. The van der Waals surface area contributed by atoms with Gasteiger partial charge in [0, 0.05) is 17.5 Å². The van der Waals surface area contributed by atoms with Crippen LogP contribution in [0.15, 0.2) is 46.9 Å². The zero-order valence-corrected chi connectivity index (χ0v) is 13.0. The first kappa shape index (κ1) is 14.2. The predicted molar refractivity (Wildman–Crippen MR) is 88.8 cm³/mol. The van der Waals surface area contributed by atoms with Crippen LogP contribution in [0.5, 0.6) is 0 Å². The minimum atomic E-state index is 0.653. The van der Waals surface area contributed by atoms with Gasteiger partial charge in [-0.25, -0.2) is 0 Å². The van der Waals surface area contributed by atoms with Gasteiger partial charge in [0.15, 0.2) is 5.58 Å². The molecule has 108 valence electrons. The quantitative estimate of drug-likeness (QED) is 0.719. The van der Waals surface area contributed by atoms with E-state index < -0.39 is 0 Å². The Morgan fingerprint density at radius 2 is 2.00 bits per heavy atom. The highest BCUT2D eigenvalue weighted by Crippen LogP contribution is 2.33. The molecule has 3 aromatic rings. The van der Waals surface area contributed by atoms with Crippen molar-refractivity contribution in [3.63, 3.8) is 0 Å². The lowest BCUT2D eigenvalue weighted by Gasteiger charge is -2.07. The van der Waals surface area contributed by atoms with Crippen LogP contribution in [0.3, 0.4) is 0 Å². The Kier molecular flexibility index (Phi) is 4.00. The summed E-state index contributed by atoms with van der Waals surface area (Å²) in [5.41, 5.74) is 4.33. The summed E-state index contributed by atoms with van der Waals surface area (Å²) in [6, 6.07) is 14.3. The maximum absolute atomic E-state index is 6.19. The molecule has 2 aromatic carbocycles. The molecule has 3 rings (SSSR count). The predicted octanol–water partition coefficient (Wildman–Crippen LogP) is 5.17. The highest BCUT2D eigenvalue weighted by atomic mass is 35.5. The van der Waals surface area contributed by atoms with Crippen LogP contribution in [0.1, 0.15) is 18.1 Å². The summed E-state index contributed by atoms with van der Waals surface area (Å²) in [6.45, 7) is 6.03. The smallest absolute Gasteiger partial charge is 0.153 e. The molecule has 1 heterocycles. The fourth-order valence-corrected chi connectivity index (χ4v) is 2.69. The maximum atomic E-state index is 6.19. The SMILES string of the molecule is CCNCc1ccc(C)c(-c2cc3cccc(Cl)c3o2)c1. The molecule has 0 radical (unpaired) electrons. The molecule has 2 nitrogen and oxygen atoms in total. The highest BCUT2D eigenvalue weighted by molar-refractivity contribution is 6.34. The van der Waals surface area contributed by atoms with Crippen LogP contribution in [0.25, 0.3) is 22.3 Å². The van der Waals surface area contributed by atoms with Crippen molar-refractivity contribution in [3.8, 4) is 11.3 Å². The summed E-state index contributed by atoms with van der Waals surface area (Å²) in [5, 5.41) is 5.04. The summed E-state index contributed by atoms with van der Waals surface area (Å²) in [6.07, 6.45) is 0. The van der Waals surface area contributed by atoms with Crippen molar-refractivity contribution in [1.29, 1.82) is 0 Å². The molecule has 0 amide bonds. The molecule has 1 N–H and O–H groups in total. The van der Waals surface area contributed by atoms with Crippen molar-refractivity contribution >= 4 is 22.6 Å².